The maximum absolute atomic E-state index is 6.30. The standard InChI is InChI=1S/C25H25ClN2O2/c1-4-29-22-11-6-5-9-20(22)16-30-23-12-13-27-24-17(2)18(3)28(25(23)24)15-19-8-7-10-21(26)14-19/h5-14H,4,15-16H2,1-3H3. The summed E-state index contributed by atoms with van der Waals surface area (Å²) in [6.07, 6.45) is 1.81. The largest absolute Gasteiger partial charge is 0.493 e. The van der Waals surface area contributed by atoms with Gasteiger partial charge in [-0.3, -0.25) is 4.98 Å². The van der Waals surface area contributed by atoms with Gasteiger partial charge < -0.3 is 14.0 Å². The summed E-state index contributed by atoms with van der Waals surface area (Å²) < 4.78 is 14.3. The second kappa shape index (κ2) is 8.80. The van der Waals surface area contributed by atoms with Gasteiger partial charge in [-0.15, -0.1) is 0 Å². The van der Waals surface area contributed by atoms with E-state index < -0.39 is 0 Å². The first-order chi connectivity index (χ1) is 14.6. The molecule has 0 spiro atoms. The average Bonchev–Trinajstić information content (AvgIpc) is 2.99. The Morgan fingerprint density at radius 1 is 0.967 bits per heavy atom. The number of ether oxygens (including phenoxy) is 2. The molecule has 0 saturated heterocycles. The predicted molar refractivity (Wildman–Crippen MR) is 122 cm³/mol. The van der Waals surface area contributed by atoms with Crippen molar-refractivity contribution in [1.29, 1.82) is 0 Å². The lowest BCUT2D eigenvalue weighted by Gasteiger charge is -2.14. The maximum atomic E-state index is 6.30. The van der Waals surface area contributed by atoms with Crippen LogP contribution in [-0.2, 0) is 13.2 Å². The van der Waals surface area contributed by atoms with Crippen LogP contribution in [0.3, 0.4) is 0 Å². The van der Waals surface area contributed by atoms with Crippen LogP contribution < -0.4 is 9.47 Å². The average molecular weight is 421 g/mol. The molecule has 30 heavy (non-hydrogen) atoms. The molecular formula is C25H25ClN2O2. The summed E-state index contributed by atoms with van der Waals surface area (Å²) in [6.45, 7) is 7.96. The number of benzene rings is 2. The molecule has 0 bridgehead atoms. The predicted octanol–water partition coefficient (Wildman–Crippen LogP) is 6.33. The minimum atomic E-state index is 0.426. The van der Waals surface area contributed by atoms with E-state index in [4.69, 9.17) is 21.1 Å². The third kappa shape index (κ3) is 4.01. The third-order valence-electron chi connectivity index (χ3n) is 5.35. The van der Waals surface area contributed by atoms with Gasteiger partial charge in [0.05, 0.1) is 12.1 Å². The van der Waals surface area contributed by atoms with E-state index in [0.717, 1.165) is 44.2 Å². The lowest BCUT2D eigenvalue weighted by atomic mass is 10.2. The molecule has 4 nitrogen and oxygen atoms in total. The lowest BCUT2D eigenvalue weighted by molar-refractivity contribution is 0.288. The van der Waals surface area contributed by atoms with Crippen LogP contribution in [0.15, 0.2) is 60.8 Å². The first-order valence-electron chi connectivity index (χ1n) is 10.1. The van der Waals surface area contributed by atoms with Gasteiger partial charge in [-0.1, -0.05) is 41.9 Å². The van der Waals surface area contributed by atoms with E-state index in [2.05, 4.69) is 29.5 Å². The second-order valence-corrected chi connectivity index (χ2v) is 7.70. The Balaban J connectivity index is 1.71. The fraction of sp³-hybridized carbons (Fsp3) is 0.240. The Hall–Kier alpha value is -2.98. The van der Waals surface area contributed by atoms with Crippen molar-refractivity contribution in [2.45, 2.75) is 33.9 Å². The molecule has 0 saturated carbocycles. The number of fused-ring (bicyclic) bond motifs is 1. The number of hydrogen-bond acceptors (Lipinski definition) is 3. The van der Waals surface area contributed by atoms with E-state index in [9.17, 15) is 0 Å². The summed E-state index contributed by atoms with van der Waals surface area (Å²) in [7, 11) is 0. The molecule has 0 aliphatic rings. The molecule has 0 amide bonds. The number of rotatable bonds is 7. The van der Waals surface area contributed by atoms with Gasteiger partial charge in [0.15, 0.2) is 0 Å². The van der Waals surface area contributed by atoms with Crippen molar-refractivity contribution in [3.63, 3.8) is 0 Å². The zero-order valence-corrected chi connectivity index (χ0v) is 18.2. The lowest BCUT2D eigenvalue weighted by Crippen LogP contribution is -2.05. The Morgan fingerprint density at radius 2 is 1.80 bits per heavy atom. The fourth-order valence-corrected chi connectivity index (χ4v) is 3.93. The molecular weight excluding hydrogens is 396 g/mol. The first-order valence-corrected chi connectivity index (χ1v) is 10.5. The van der Waals surface area contributed by atoms with Gasteiger partial charge >= 0.3 is 0 Å². The first kappa shape index (κ1) is 20.3. The van der Waals surface area contributed by atoms with Gasteiger partial charge in [-0.05, 0) is 50.1 Å². The minimum Gasteiger partial charge on any atom is -0.493 e. The van der Waals surface area contributed by atoms with Crippen molar-refractivity contribution in [1.82, 2.24) is 9.55 Å². The molecule has 2 aromatic heterocycles. The minimum absolute atomic E-state index is 0.426. The maximum Gasteiger partial charge on any atom is 0.147 e. The Labute approximate surface area is 182 Å². The zero-order chi connectivity index (χ0) is 21.1. The molecule has 2 aromatic carbocycles. The van der Waals surface area contributed by atoms with Crippen molar-refractivity contribution >= 4 is 22.6 Å². The van der Waals surface area contributed by atoms with Gasteiger partial charge in [0.1, 0.15) is 23.6 Å². The molecule has 5 heteroatoms. The van der Waals surface area contributed by atoms with Crippen molar-refractivity contribution in [2.75, 3.05) is 6.61 Å². The molecule has 0 fully saturated rings. The van der Waals surface area contributed by atoms with E-state index in [1.54, 1.807) is 0 Å². The fourth-order valence-electron chi connectivity index (χ4n) is 3.72. The van der Waals surface area contributed by atoms with E-state index in [0.29, 0.717) is 19.8 Å². The number of halogens is 1. The molecule has 4 rings (SSSR count). The smallest absolute Gasteiger partial charge is 0.147 e. The van der Waals surface area contributed by atoms with Gasteiger partial charge in [0.25, 0.3) is 0 Å². The van der Waals surface area contributed by atoms with E-state index >= 15 is 0 Å². The highest BCUT2D eigenvalue weighted by atomic mass is 35.5. The molecule has 0 radical (unpaired) electrons. The molecule has 0 unspecified atom stereocenters. The number of aryl methyl sites for hydroxylation is 1. The van der Waals surface area contributed by atoms with Crippen molar-refractivity contribution < 1.29 is 9.47 Å². The van der Waals surface area contributed by atoms with E-state index in [-0.39, 0.29) is 0 Å². The number of nitrogens with zero attached hydrogens (tertiary/aromatic N) is 2. The van der Waals surface area contributed by atoms with Gasteiger partial charge in [-0.25, -0.2) is 0 Å². The van der Waals surface area contributed by atoms with Crippen molar-refractivity contribution in [3.05, 3.63) is 88.2 Å². The van der Waals surface area contributed by atoms with Crippen LogP contribution >= 0.6 is 11.6 Å². The normalized spacial score (nSPS) is 11.1. The quantitative estimate of drug-likeness (QED) is 0.350. The van der Waals surface area contributed by atoms with E-state index in [1.165, 1.54) is 5.69 Å². The molecule has 0 atom stereocenters. The summed E-state index contributed by atoms with van der Waals surface area (Å²) in [4.78, 5) is 4.63. The topological polar surface area (TPSA) is 36.3 Å². The third-order valence-corrected chi connectivity index (χ3v) is 5.58. The summed E-state index contributed by atoms with van der Waals surface area (Å²) in [5.74, 6) is 1.66. The van der Waals surface area contributed by atoms with Crippen LogP contribution in [0, 0.1) is 13.8 Å². The Bertz CT molecular complexity index is 1180. The van der Waals surface area contributed by atoms with Crippen LogP contribution in [0.25, 0.3) is 11.0 Å². The number of aromatic nitrogens is 2. The van der Waals surface area contributed by atoms with Gasteiger partial charge in [0, 0.05) is 35.1 Å². The Kier molecular flexibility index (Phi) is 5.96. The number of hydrogen-bond donors (Lipinski definition) is 0. The molecule has 0 N–H and O–H groups in total. The molecule has 154 valence electrons. The molecule has 2 heterocycles. The number of pyridine rings is 1. The van der Waals surface area contributed by atoms with Crippen molar-refractivity contribution in [2.24, 2.45) is 0 Å². The SMILES string of the molecule is CCOc1ccccc1COc1ccnc2c(C)c(C)n(Cc3cccc(Cl)c3)c12. The van der Waals surface area contributed by atoms with Crippen LogP contribution in [-0.4, -0.2) is 16.2 Å². The molecule has 0 aliphatic heterocycles. The van der Waals surface area contributed by atoms with Gasteiger partial charge in [-0.2, -0.15) is 0 Å². The highest BCUT2D eigenvalue weighted by Crippen LogP contribution is 2.32. The van der Waals surface area contributed by atoms with Crippen molar-refractivity contribution in [3.8, 4) is 11.5 Å². The van der Waals surface area contributed by atoms with Crippen LogP contribution in [0.5, 0.6) is 11.5 Å². The van der Waals surface area contributed by atoms with Crippen LogP contribution in [0.1, 0.15) is 29.3 Å². The summed E-state index contributed by atoms with van der Waals surface area (Å²) in [5.41, 5.74) is 6.45. The highest BCUT2D eigenvalue weighted by Gasteiger charge is 2.17. The highest BCUT2D eigenvalue weighted by molar-refractivity contribution is 6.30. The van der Waals surface area contributed by atoms with Gasteiger partial charge in [0.2, 0.25) is 0 Å². The Morgan fingerprint density at radius 3 is 2.60 bits per heavy atom. The summed E-state index contributed by atoms with van der Waals surface area (Å²) in [5, 5.41) is 0.737. The summed E-state index contributed by atoms with van der Waals surface area (Å²) in [6, 6.07) is 17.9. The zero-order valence-electron chi connectivity index (χ0n) is 17.5. The monoisotopic (exact) mass is 420 g/mol. The number of para-hydroxylation sites is 1. The molecule has 0 aliphatic carbocycles. The molecule has 4 aromatic rings. The van der Waals surface area contributed by atoms with E-state index in [1.807, 2.05) is 61.7 Å². The summed E-state index contributed by atoms with van der Waals surface area (Å²) >= 11 is 6.21. The second-order valence-electron chi connectivity index (χ2n) is 7.26. The van der Waals surface area contributed by atoms with Crippen LogP contribution in [0.2, 0.25) is 5.02 Å². The van der Waals surface area contributed by atoms with Crippen LogP contribution in [0.4, 0.5) is 0 Å².